The molecule has 0 amide bonds. The molecule has 1 aromatic heterocycles. The summed E-state index contributed by atoms with van der Waals surface area (Å²) in [6.45, 7) is 0. The molecule has 1 heterocycles. The van der Waals surface area contributed by atoms with E-state index in [0.717, 1.165) is 28.3 Å². The molecule has 9 aromatic carbocycles. The monoisotopic (exact) mass is 688 g/mol. The van der Waals surface area contributed by atoms with Crippen molar-refractivity contribution in [3.05, 3.63) is 218 Å². The number of hydrogen-bond acceptors (Lipinski definition) is 1. The zero-order valence-electron chi connectivity index (χ0n) is 29.7. The van der Waals surface area contributed by atoms with Gasteiger partial charge in [-0.3, -0.25) is 0 Å². The number of para-hydroxylation sites is 1. The number of benzene rings is 9. The topological polar surface area (TPSA) is 8.17 Å². The molecule has 0 atom stereocenters. The second-order valence-corrected chi connectivity index (χ2v) is 13.8. The normalized spacial score (nSPS) is 11.3. The van der Waals surface area contributed by atoms with Crippen molar-refractivity contribution in [2.24, 2.45) is 0 Å². The maximum absolute atomic E-state index is 2.42. The van der Waals surface area contributed by atoms with Crippen LogP contribution in [0, 0.1) is 0 Å². The van der Waals surface area contributed by atoms with Gasteiger partial charge in [0.15, 0.2) is 0 Å². The zero-order chi connectivity index (χ0) is 35.8. The van der Waals surface area contributed by atoms with Gasteiger partial charge in [0.2, 0.25) is 0 Å². The first kappa shape index (κ1) is 31.6. The van der Waals surface area contributed by atoms with E-state index in [1.807, 2.05) is 0 Å². The molecule has 0 saturated heterocycles. The molecule has 0 aliphatic rings. The molecule has 10 rings (SSSR count). The maximum Gasteiger partial charge on any atom is 0.0561 e. The summed E-state index contributed by atoms with van der Waals surface area (Å²) in [5.41, 5.74) is 14.0. The van der Waals surface area contributed by atoms with Crippen LogP contribution in [-0.4, -0.2) is 4.57 Å². The number of hydrogen-bond donors (Lipinski definition) is 0. The second kappa shape index (κ2) is 13.4. The molecular formula is C52H36N2. The van der Waals surface area contributed by atoms with Crippen LogP contribution in [-0.2, 0) is 0 Å². The van der Waals surface area contributed by atoms with Gasteiger partial charge in [-0.1, -0.05) is 158 Å². The van der Waals surface area contributed by atoms with Crippen molar-refractivity contribution in [3.63, 3.8) is 0 Å². The van der Waals surface area contributed by atoms with E-state index in [1.165, 1.54) is 60.4 Å². The number of aromatic nitrogens is 1. The highest BCUT2D eigenvalue weighted by molar-refractivity contribution is 6.11. The minimum absolute atomic E-state index is 1.09. The lowest BCUT2D eigenvalue weighted by molar-refractivity contribution is 1.18. The Bertz CT molecular complexity index is 2890. The summed E-state index contributed by atoms with van der Waals surface area (Å²) in [5, 5.41) is 4.96. The summed E-state index contributed by atoms with van der Waals surface area (Å²) < 4.78 is 2.42. The Balaban J connectivity index is 1.14. The number of fused-ring (bicyclic) bond motifs is 4. The molecule has 54 heavy (non-hydrogen) atoms. The van der Waals surface area contributed by atoms with Gasteiger partial charge in [0, 0.05) is 33.5 Å². The number of anilines is 3. The first-order chi connectivity index (χ1) is 26.8. The van der Waals surface area contributed by atoms with Crippen molar-refractivity contribution in [1.29, 1.82) is 0 Å². The van der Waals surface area contributed by atoms with Crippen LogP contribution in [0.3, 0.4) is 0 Å². The number of nitrogens with zero attached hydrogens (tertiary/aromatic N) is 2. The van der Waals surface area contributed by atoms with E-state index in [2.05, 4.69) is 228 Å². The summed E-state index contributed by atoms with van der Waals surface area (Å²) in [6.07, 6.45) is 0. The van der Waals surface area contributed by atoms with E-state index < -0.39 is 0 Å². The van der Waals surface area contributed by atoms with E-state index in [9.17, 15) is 0 Å². The minimum atomic E-state index is 1.09. The Kier molecular flexibility index (Phi) is 7.85. The van der Waals surface area contributed by atoms with E-state index in [4.69, 9.17) is 0 Å². The summed E-state index contributed by atoms with van der Waals surface area (Å²) in [7, 11) is 0. The molecule has 0 spiro atoms. The lowest BCUT2D eigenvalue weighted by Gasteiger charge is -2.26. The largest absolute Gasteiger partial charge is 0.310 e. The lowest BCUT2D eigenvalue weighted by atomic mass is 10.0. The van der Waals surface area contributed by atoms with Crippen LogP contribution in [0.5, 0.6) is 0 Å². The molecule has 2 nitrogen and oxygen atoms in total. The van der Waals surface area contributed by atoms with Crippen molar-refractivity contribution in [2.45, 2.75) is 0 Å². The molecule has 0 aliphatic heterocycles. The Hall–Kier alpha value is -7.16. The smallest absolute Gasteiger partial charge is 0.0561 e. The third kappa shape index (κ3) is 5.71. The van der Waals surface area contributed by atoms with Crippen molar-refractivity contribution >= 4 is 49.6 Å². The Labute approximate surface area is 315 Å². The molecule has 0 radical (unpaired) electrons. The predicted octanol–water partition coefficient (Wildman–Crippen LogP) is 14.4. The third-order valence-electron chi connectivity index (χ3n) is 10.6. The predicted molar refractivity (Wildman–Crippen MR) is 229 cm³/mol. The van der Waals surface area contributed by atoms with Gasteiger partial charge in [-0.15, -0.1) is 0 Å². The van der Waals surface area contributed by atoms with Crippen molar-refractivity contribution in [2.75, 3.05) is 4.90 Å². The van der Waals surface area contributed by atoms with Crippen molar-refractivity contribution in [1.82, 2.24) is 4.57 Å². The fourth-order valence-electron chi connectivity index (χ4n) is 7.86. The minimum Gasteiger partial charge on any atom is -0.310 e. The average molecular weight is 689 g/mol. The van der Waals surface area contributed by atoms with Crippen molar-refractivity contribution in [3.8, 4) is 39.1 Å². The van der Waals surface area contributed by atoms with Crippen molar-refractivity contribution < 1.29 is 0 Å². The van der Waals surface area contributed by atoms with Crippen LogP contribution in [0.2, 0.25) is 0 Å². The standard InChI is InChI=1S/C52H36N2/c1-4-12-37(13-5-1)40-22-27-46(28-23-40)53(47-29-24-41(25-30-47)43-21-20-39-16-10-11-17-42(39)34-43)48-31-33-50-49-32-26-44(38-14-6-2-7-15-38)35-51(49)54(52(50)36-48)45-18-8-3-9-19-45/h1-36H. The molecule has 0 saturated carbocycles. The SMILES string of the molecule is c1ccc(-c2ccc(N(c3ccc(-c4ccc5ccccc5c4)cc3)c3ccc4c5ccc(-c6ccccc6)cc5n(-c5ccccc5)c4c3)cc2)cc1. The quantitative estimate of drug-likeness (QED) is 0.162. The van der Waals surface area contributed by atoms with E-state index >= 15 is 0 Å². The molecule has 0 bridgehead atoms. The van der Waals surface area contributed by atoms with Crippen LogP contribution in [0.15, 0.2) is 218 Å². The highest BCUT2D eigenvalue weighted by atomic mass is 15.1. The van der Waals surface area contributed by atoms with Crippen LogP contribution >= 0.6 is 0 Å². The Morgan fingerprint density at radius 2 is 0.704 bits per heavy atom. The molecule has 0 unspecified atom stereocenters. The molecule has 2 heteroatoms. The van der Waals surface area contributed by atoms with Crippen LogP contribution in [0.4, 0.5) is 17.1 Å². The summed E-state index contributed by atoms with van der Waals surface area (Å²) in [5.74, 6) is 0. The van der Waals surface area contributed by atoms with Gasteiger partial charge in [-0.05, 0) is 105 Å². The molecule has 0 aliphatic carbocycles. The fourth-order valence-corrected chi connectivity index (χ4v) is 7.86. The second-order valence-electron chi connectivity index (χ2n) is 13.8. The fraction of sp³-hybridized carbons (Fsp3) is 0. The van der Waals surface area contributed by atoms with E-state index in [0.29, 0.717) is 0 Å². The Morgan fingerprint density at radius 3 is 1.35 bits per heavy atom. The molecular weight excluding hydrogens is 653 g/mol. The maximum atomic E-state index is 2.42. The summed E-state index contributed by atoms with van der Waals surface area (Å²) >= 11 is 0. The molecule has 0 N–H and O–H groups in total. The van der Waals surface area contributed by atoms with Crippen LogP contribution in [0.1, 0.15) is 0 Å². The lowest BCUT2D eigenvalue weighted by Crippen LogP contribution is -2.10. The van der Waals surface area contributed by atoms with Gasteiger partial charge >= 0.3 is 0 Å². The molecule has 254 valence electrons. The summed E-state index contributed by atoms with van der Waals surface area (Å²) in [6, 6.07) is 78.9. The first-order valence-corrected chi connectivity index (χ1v) is 18.5. The summed E-state index contributed by atoms with van der Waals surface area (Å²) in [4.78, 5) is 2.38. The zero-order valence-corrected chi connectivity index (χ0v) is 29.7. The highest BCUT2D eigenvalue weighted by Gasteiger charge is 2.18. The van der Waals surface area contributed by atoms with Gasteiger partial charge in [-0.2, -0.15) is 0 Å². The van der Waals surface area contributed by atoms with Crippen LogP contribution in [0.25, 0.3) is 71.6 Å². The van der Waals surface area contributed by atoms with Gasteiger partial charge in [0.05, 0.1) is 11.0 Å². The first-order valence-electron chi connectivity index (χ1n) is 18.5. The molecule has 0 fully saturated rings. The highest BCUT2D eigenvalue weighted by Crippen LogP contribution is 2.41. The third-order valence-corrected chi connectivity index (χ3v) is 10.6. The van der Waals surface area contributed by atoms with Gasteiger partial charge in [-0.25, -0.2) is 0 Å². The van der Waals surface area contributed by atoms with Crippen LogP contribution < -0.4 is 4.90 Å². The van der Waals surface area contributed by atoms with E-state index in [-0.39, 0.29) is 0 Å². The number of rotatable bonds is 7. The Morgan fingerprint density at radius 1 is 0.278 bits per heavy atom. The van der Waals surface area contributed by atoms with Gasteiger partial charge in [0.25, 0.3) is 0 Å². The average Bonchev–Trinajstić information content (AvgIpc) is 3.58. The van der Waals surface area contributed by atoms with Gasteiger partial charge in [0.1, 0.15) is 0 Å². The van der Waals surface area contributed by atoms with Gasteiger partial charge < -0.3 is 9.47 Å². The molecule has 10 aromatic rings. The van der Waals surface area contributed by atoms with E-state index in [1.54, 1.807) is 0 Å².